The average Bonchev–Trinajstić information content (AvgIpc) is 3.02. The first kappa shape index (κ1) is 42.4. The Hall–Kier alpha value is -4.34. The predicted octanol–water partition coefficient (Wildman–Crippen LogP) is 8.54. The maximum Gasteiger partial charge on any atom is 0.419 e. The van der Waals surface area contributed by atoms with E-state index in [0.717, 1.165) is 36.2 Å². The molecule has 7 nitrogen and oxygen atoms in total. The highest BCUT2D eigenvalue weighted by atomic mass is 19.4. The summed E-state index contributed by atoms with van der Waals surface area (Å²) in [7, 11) is 0. The zero-order valence-electron chi connectivity index (χ0n) is 30.6. The summed E-state index contributed by atoms with van der Waals surface area (Å²) in [6.45, 7) is 9.46. The number of rotatable bonds is 13. The predicted molar refractivity (Wildman–Crippen MR) is 182 cm³/mol. The van der Waals surface area contributed by atoms with Crippen molar-refractivity contribution in [2.75, 3.05) is 26.2 Å². The summed E-state index contributed by atoms with van der Waals surface area (Å²) in [6.07, 6.45) is -9.99. The third-order valence-corrected chi connectivity index (χ3v) is 9.72. The third-order valence-electron chi connectivity index (χ3n) is 9.72. The third kappa shape index (κ3) is 9.12. The molecule has 1 saturated heterocycles. The number of pyridine rings is 1. The molecule has 2 atom stereocenters. The molecule has 54 heavy (non-hydrogen) atoms. The van der Waals surface area contributed by atoms with Crippen molar-refractivity contribution < 1.29 is 53.8 Å². The highest BCUT2D eigenvalue weighted by Gasteiger charge is 2.43. The molecule has 1 aromatic heterocycles. The van der Waals surface area contributed by atoms with E-state index in [2.05, 4.69) is 5.32 Å². The SMILES string of the molecule is CCOC(=O)C[C@H](NC(=O)C(CC(C)C)n1cc(CCN2CCC2)c(C(F)(F)F)cc1=O)c1c(F)c(-c2ccc(F)c(C)c2C)c(C)c(C(F)(F)F)c1F. The van der Waals surface area contributed by atoms with E-state index < -0.39 is 99.5 Å². The molecule has 0 aliphatic carbocycles. The minimum atomic E-state index is -5.42. The van der Waals surface area contributed by atoms with Gasteiger partial charge in [-0.2, -0.15) is 26.3 Å². The summed E-state index contributed by atoms with van der Waals surface area (Å²) in [5.41, 5.74) is -7.81. The van der Waals surface area contributed by atoms with Crippen LogP contribution in [0.4, 0.5) is 39.5 Å². The number of carbonyl (C=O) groups excluding carboxylic acids is 2. The van der Waals surface area contributed by atoms with E-state index in [0.29, 0.717) is 19.2 Å². The van der Waals surface area contributed by atoms with Crippen LogP contribution in [-0.4, -0.2) is 47.6 Å². The lowest BCUT2D eigenvalue weighted by atomic mass is 9.86. The fourth-order valence-corrected chi connectivity index (χ4v) is 6.70. The van der Waals surface area contributed by atoms with E-state index in [-0.39, 0.29) is 48.2 Å². The Morgan fingerprint density at radius 1 is 0.926 bits per heavy atom. The van der Waals surface area contributed by atoms with Crippen LogP contribution in [0.5, 0.6) is 0 Å². The highest BCUT2D eigenvalue weighted by Crippen LogP contribution is 2.45. The number of halogens is 9. The standard InChI is InChI=1S/C38H42F9N3O4/c1-7-54-30(52)17-27(32-34(40)31(22(6)33(35(32)41)38(45,46)47)24-9-10-26(39)21(5)20(24)4)48-36(53)28(15-19(2)3)50-18-23(11-14-49-12-8-13-49)25(16-29(50)51)37(42,43)44/h9-10,16,18-19,27-28H,7-8,11-15,17H2,1-6H3,(H,48,53)/t27-,28?/m0/s1. The topological polar surface area (TPSA) is 80.6 Å². The fraction of sp³-hybridized carbons (Fsp3) is 0.500. The van der Waals surface area contributed by atoms with Crippen molar-refractivity contribution >= 4 is 11.9 Å². The fourth-order valence-electron chi connectivity index (χ4n) is 6.70. The Morgan fingerprint density at radius 3 is 2.11 bits per heavy atom. The molecule has 296 valence electrons. The van der Waals surface area contributed by atoms with Gasteiger partial charge < -0.3 is 19.5 Å². The Morgan fingerprint density at radius 2 is 1.57 bits per heavy atom. The Kier molecular flexibility index (Phi) is 13.0. The number of benzene rings is 2. The van der Waals surface area contributed by atoms with Crippen LogP contribution in [0.3, 0.4) is 0 Å². The number of hydrogen-bond donors (Lipinski definition) is 1. The molecular formula is C38H42F9N3O4. The molecule has 1 fully saturated rings. The van der Waals surface area contributed by atoms with Gasteiger partial charge in [0.25, 0.3) is 5.56 Å². The lowest BCUT2D eigenvalue weighted by Gasteiger charge is -2.31. The minimum absolute atomic E-state index is 0.0233. The Bertz CT molecular complexity index is 1950. The van der Waals surface area contributed by atoms with Crippen LogP contribution in [-0.2, 0) is 33.1 Å². The van der Waals surface area contributed by atoms with Crippen molar-refractivity contribution in [3.63, 3.8) is 0 Å². The molecule has 1 aliphatic rings. The van der Waals surface area contributed by atoms with E-state index in [4.69, 9.17) is 4.74 Å². The number of nitrogens with one attached hydrogen (secondary N) is 1. The van der Waals surface area contributed by atoms with Crippen molar-refractivity contribution in [2.24, 2.45) is 5.92 Å². The molecule has 3 aromatic rings. The van der Waals surface area contributed by atoms with Gasteiger partial charge in [0, 0.05) is 29.9 Å². The van der Waals surface area contributed by atoms with Gasteiger partial charge in [0.1, 0.15) is 23.5 Å². The van der Waals surface area contributed by atoms with Crippen LogP contribution < -0.4 is 10.9 Å². The van der Waals surface area contributed by atoms with E-state index in [1.54, 1.807) is 13.8 Å². The number of likely N-dealkylation sites (tertiary alicyclic amines) is 1. The van der Waals surface area contributed by atoms with Gasteiger partial charge in [-0.25, -0.2) is 13.2 Å². The quantitative estimate of drug-likeness (QED) is 0.139. The van der Waals surface area contributed by atoms with Crippen molar-refractivity contribution in [3.8, 4) is 11.1 Å². The smallest absolute Gasteiger partial charge is 0.419 e. The number of aromatic nitrogens is 1. The van der Waals surface area contributed by atoms with Crippen LogP contribution in [0, 0.1) is 44.1 Å². The van der Waals surface area contributed by atoms with Crippen LogP contribution in [0.1, 0.15) is 91.1 Å². The van der Waals surface area contributed by atoms with Gasteiger partial charge in [-0.15, -0.1) is 0 Å². The first-order valence-corrected chi connectivity index (χ1v) is 17.4. The molecule has 0 saturated carbocycles. The first-order valence-electron chi connectivity index (χ1n) is 17.4. The second-order valence-electron chi connectivity index (χ2n) is 13.9. The molecule has 4 rings (SSSR count). The molecule has 0 bridgehead atoms. The minimum Gasteiger partial charge on any atom is -0.466 e. The molecule has 0 radical (unpaired) electrons. The number of amides is 1. The number of nitrogens with zero attached hydrogens (tertiary/aromatic N) is 2. The molecule has 1 unspecified atom stereocenters. The number of alkyl halides is 6. The van der Waals surface area contributed by atoms with Gasteiger partial charge in [0.15, 0.2) is 0 Å². The molecule has 0 spiro atoms. The maximum atomic E-state index is 16.8. The van der Waals surface area contributed by atoms with Crippen LogP contribution in [0.15, 0.2) is 29.2 Å². The summed E-state index contributed by atoms with van der Waals surface area (Å²) >= 11 is 0. The van der Waals surface area contributed by atoms with Crippen molar-refractivity contribution in [3.05, 3.63) is 91.1 Å². The summed E-state index contributed by atoms with van der Waals surface area (Å²) in [6, 6.07) is -1.52. The van der Waals surface area contributed by atoms with Gasteiger partial charge in [-0.1, -0.05) is 19.9 Å². The van der Waals surface area contributed by atoms with Crippen LogP contribution in [0.2, 0.25) is 0 Å². The first-order chi connectivity index (χ1) is 25.1. The van der Waals surface area contributed by atoms with Crippen LogP contribution >= 0.6 is 0 Å². The van der Waals surface area contributed by atoms with Gasteiger partial charge in [0.2, 0.25) is 5.91 Å². The van der Waals surface area contributed by atoms with Gasteiger partial charge in [-0.3, -0.25) is 14.4 Å². The maximum absolute atomic E-state index is 16.8. The van der Waals surface area contributed by atoms with E-state index in [1.165, 1.54) is 20.8 Å². The monoisotopic (exact) mass is 775 g/mol. The molecular weight excluding hydrogens is 733 g/mol. The Labute approximate surface area is 306 Å². The van der Waals surface area contributed by atoms with E-state index >= 15 is 8.78 Å². The lowest BCUT2D eigenvalue weighted by molar-refractivity contribution is -0.144. The van der Waals surface area contributed by atoms with Crippen LogP contribution in [0.25, 0.3) is 11.1 Å². The average molecular weight is 776 g/mol. The van der Waals surface area contributed by atoms with Gasteiger partial charge in [-0.05, 0) is 99.8 Å². The van der Waals surface area contributed by atoms with E-state index in [1.807, 2.05) is 4.90 Å². The largest absolute Gasteiger partial charge is 0.466 e. The highest BCUT2D eigenvalue weighted by molar-refractivity contribution is 5.82. The lowest BCUT2D eigenvalue weighted by Crippen LogP contribution is -2.41. The molecule has 2 heterocycles. The number of ether oxygens (including phenoxy) is 1. The number of carbonyl (C=O) groups is 2. The summed E-state index contributed by atoms with van der Waals surface area (Å²) in [4.78, 5) is 42.2. The van der Waals surface area contributed by atoms with Crippen molar-refractivity contribution in [1.29, 1.82) is 0 Å². The molecule has 16 heteroatoms. The summed E-state index contributed by atoms with van der Waals surface area (Å²) in [5, 5.41) is 2.24. The zero-order chi connectivity index (χ0) is 40.4. The van der Waals surface area contributed by atoms with Gasteiger partial charge >= 0.3 is 18.3 Å². The molecule has 1 amide bonds. The number of esters is 1. The number of hydrogen-bond acceptors (Lipinski definition) is 5. The molecule has 1 N–H and O–H groups in total. The van der Waals surface area contributed by atoms with E-state index in [9.17, 15) is 45.1 Å². The summed E-state index contributed by atoms with van der Waals surface area (Å²) < 4.78 is 139. The summed E-state index contributed by atoms with van der Waals surface area (Å²) in [5.74, 6) is -7.24. The van der Waals surface area contributed by atoms with Crippen molar-refractivity contribution in [2.45, 2.75) is 91.7 Å². The van der Waals surface area contributed by atoms with Gasteiger partial charge in [0.05, 0.1) is 30.2 Å². The molecule has 2 aromatic carbocycles. The zero-order valence-corrected chi connectivity index (χ0v) is 30.6. The second-order valence-corrected chi connectivity index (χ2v) is 13.9. The van der Waals surface area contributed by atoms with Crippen molar-refractivity contribution in [1.82, 2.24) is 14.8 Å². The Balaban J connectivity index is 1.94. The normalized spacial score (nSPS) is 14.9. The molecule has 1 aliphatic heterocycles. The second kappa shape index (κ2) is 16.6.